The Morgan fingerprint density at radius 2 is 2.06 bits per heavy atom. The number of aliphatic hydroxyl groups is 1. The fourth-order valence-electron chi connectivity index (χ4n) is 2.33. The molecular formula is C14H16O3. The molecule has 1 atom stereocenters. The minimum atomic E-state index is -0.702. The van der Waals surface area contributed by atoms with Crippen molar-refractivity contribution in [1.29, 1.82) is 0 Å². The molecule has 3 heteroatoms. The van der Waals surface area contributed by atoms with E-state index in [2.05, 4.69) is 0 Å². The fraction of sp³-hybridized carbons (Fsp3) is 0.357. The maximum atomic E-state index is 11.5. The van der Waals surface area contributed by atoms with Crippen LogP contribution in [-0.4, -0.2) is 11.1 Å². The van der Waals surface area contributed by atoms with E-state index in [9.17, 15) is 9.90 Å². The number of aliphatic hydroxyl groups excluding tert-OH is 1. The second-order valence-electron chi connectivity index (χ2n) is 4.34. The molecule has 2 rings (SSSR count). The van der Waals surface area contributed by atoms with Crippen molar-refractivity contribution in [3.8, 4) is 0 Å². The highest BCUT2D eigenvalue weighted by molar-refractivity contribution is 5.84. The number of hydrogen-bond donors (Lipinski definition) is 1. The van der Waals surface area contributed by atoms with Gasteiger partial charge in [0.2, 0.25) is 0 Å². The van der Waals surface area contributed by atoms with Gasteiger partial charge in [0.25, 0.3) is 0 Å². The summed E-state index contributed by atoms with van der Waals surface area (Å²) in [6, 6.07) is 9.61. The molecule has 1 aromatic rings. The van der Waals surface area contributed by atoms with E-state index in [4.69, 9.17) is 4.74 Å². The third kappa shape index (κ3) is 2.33. The Hall–Kier alpha value is -1.77. The summed E-state index contributed by atoms with van der Waals surface area (Å²) in [6.07, 6.45) is 3.10. The van der Waals surface area contributed by atoms with E-state index >= 15 is 0 Å². The van der Waals surface area contributed by atoms with E-state index in [0.29, 0.717) is 12.8 Å². The van der Waals surface area contributed by atoms with Crippen LogP contribution in [0.15, 0.2) is 42.2 Å². The zero-order valence-electron chi connectivity index (χ0n) is 9.85. The van der Waals surface area contributed by atoms with Gasteiger partial charge in [0, 0.05) is 6.42 Å². The minimum absolute atomic E-state index is 0.0959. The predicted octanol–water partition coefficient (Wildman–Crippen LogP) is 3.07. The van der Waals surface area contributed by atoms with Gasteiger partial charge >= 0.3 is 5.97 Å². The van der Waals surface area contributed by atoms with Gasteiger partial charge in [-0.25, -0.2) is 4.79 Å². The van der Waals surface area contributed by atoms with Gasteiger partial charge in [-0.15, -0.1) is 0 Å². The fourth-order valence-corrected chi connectivity index (χ4v) is 2.33. The molecule has 0 unspecified atom stereocenters. The van der Waals surface area contributed by atoms with Crippen LogP contribution >= 0.6 is 0 Å². The Balaban J connectivity index is 2.41. The molecule has 0 saturated carbocycles. The summed E-state index contributed by atoms with van der Waals surface area (Å²) < 4.78 is 5.50. The van der Waals surface area contributed by atoms with E-state index in [1.165, 1.54) is 0 Å². The van der Waals surface area contributed by atoms with Gasteiger partial charge in [-0.1, -0.05) is 43.7 Å². The highest BCUT2D eigenvalue weighted by Crippen LogP contribution is 2.39. The Kier molecular flexibility index (Phi) is 3.18. The van der Waals surface area contributed by atoms with Crippen LogP contribution in [0.5, 0.6) is 0 Å². The Bertz CT molecular complexity index is 436. The summed E-state index contributed by atoms with van der Waals surface area (Å²) in [4.78, 5) is 11.5. The van der Waals surface area contributed by atoms with Crippen molar-refractivity contribution in [2.24, 2.45) is 0 Å². The van der Waals surface area contributed by atoms with Crippen LogP contribution in [0.25, 0.3) is 0 Å². The van der Waals surface area contributed by atoms with Gasteiger partial charge in [0.1, 0.15) is 11.4 Å². The zero-order chi connectivity index (χ0) is 12.3. The van der Waals surface area contributed by atoms with Crippen LogP contribution in [0.4, 0.5) is 0 Å². The van der Waals surface area contributed by atoms with Gasteiger partial charge in [-0.2, -0.15) is 0 Å². The van der Waals surface area contributed by atoms with E-state index in [1.54, 1.807) is 0 Å². The lowest BCUT2D eigenvalue weighted by molar-refractivity contribution is -0.159. The Labute approximate surface area is 101 Å². The molecule has 1 aliphatic rings. The molecule has 1 aromatic carbocycles. The Morgan fingerprint density at radius 1 is 1.35 bits per heavy atom. The van der Waals surface area contributed by atoms with Crippen LogP contribution in [0.3, 0.4) is 0 Å². The largest absolute Gasteiger partial charge is 0.512 e. The summed E-state index contributed by atoms with van der Waals surface area (Å²) in [5.41, 5.74) is 0.237. The molecule has 0 spiro atoms. The minimum Gasteiger partial charge on any atom is -0.512 e. The van der Waals surface area contributed by atoms with E-state index in [0.717, 1.165) is 18.1 Å². The number of ether oxygens (including phenoxy) is 1. The lowest BCUT2D eigenvalue weighted by Gasteiger charge is -2.35. The van der Waals surface area contributed by atoms with E-state index < -0.39 is 11.6 Å². The van der Waals surface area contributed by atoms with Gasteiger partial charge < -0.3 is 9.84 Å². The van der Waals surface area contributed by atoms with E-state index in [1.807, 2.05) is 37.3 Å². The topological polar surface area (TPSA) is 46.5 Å². The molecule has 0 fully saturated rings. The van der Waals surface area contributed by atoms with Crippen LogP contribution in [-0.2, 0) is 15.1 Å². The normalized spacial score (nSPS) is 24.1. The van der Waals surface area contributed by atoms with Crippen molar-refractivity contribution in [3.63, 3.8) is 0 Å². The number of benzene rings is 1. The van der Waals surface area contributed by atoms with Gasteiger partial charge in [-0.3, -0.25) is 0 Å². The average molecular weight is 232 g/mol. The molecule has 90 valence electrons. The van der Waals surface area contributed by atoms with Crippen LogP contribution in [0.2, 0.25) is 0 Å². The Morgan fingerprint density at radius 3 is 2.65 bits per heavy atom. The average Bonchev–Trinajstić information content (AvgIpc) is 2.29. The molecule has 0 saturated heterocycles. The summed E-state index contributed by atoms with van der Waals surface area (Å²) >= 11 is 0. The highest BCUT2D eigenvalue weighted by Gasteiger charge is 2.39. The molecule has 1 aliphatic heterocycles. The smallest absolute Gasteiger partial charge is 0.335 e. The molecule has 1 N–H and O–H groups in total. The first-order valence-corrected chi connectivity index (χ1v) is 5.84. The number of hydrogen-bond acceptors (Lipinski definition) is 3. The monoisotopic (exact) mass is 232 g/mol. The molecule has 1 heterocycles. The van der Waals surface area contributed by atoms with Crippen molar-refractivity contribution in [3.05, 3.63) is 47.7 Å². The zero-order valence-corrected chi connectivity index (χ0v) is 9.85. The molecule has 3 nitrogen and oxygen atoms in total. The lowest BCUT2D eigenvalue weighted by Crippen LogP contribution is -2.35. The molecule has 0 radical (unpaired) electrons. The molecule has 17 heavy (non-hydrogen) atoms. The number of carbonyl (C=O) groups excluding carboxylic acids is 1. The van der Waals surface area contributed by atoms with Crippen molar-refractivity contribution in [1.82, 2.24) is 0 Å². The number of rotatable bonds is 3. The van der Waals surface area contributed by atoms with E-state index in [-0.39, 0.29) is 5.76 Å². The van der Waals surface area contributed by atoms with Gasteiger partial charge in [-0.05, 0) is 12.0 Å². The maximum Gasteiger partial charge on any atom is 0.335 e. The second kappa shape index (κ2) is 4.62. The highest BCUT2D eigenvalue weighted by atomic mass is 16.6. The van der Waals surface area contributed by atoms with Crippen LogP contribution in [0, 0.1) is 0 Å². The van der Waals surface area contributed by atoms with Crippen molar-refractivity contribution >= 4 is 5.97 Å². The number of cyclic esters (lactones) is 1. The number of carbonyl (C=O) groups is 1. The van der Waals surface area contributed by atoms with Crippen LogP contribution < -0.4 is 0 Å². The molecule has 0 aromatic heterocycles. The predicted molar refractivity (Wildman–Crippen MR) is 64.4 cm³/mol. The third-order valence-corrected chi connectivity index (χ3v) is 3.00. The van der Waals surface area contributed by atoms with Crippen LogP contribution in [0.1, 0.15) is 31.7 Å². The van der Waals surface area contributed by atoms with Crippen molar-refractivity contribution in [2.45, 2.75) is 31.8 Å². The summed E-state index contributed by atoms with van der Waals surface area (Å²) in [6.45, 7) is 2.04. The molecular weight excluding hydrogens is 216 g/mol. The van der Waals surface area contributed by atoms with Crippen molar-refractivity contribution < 1.29 is 14.6 Å². The second-order valence-corrected chi connectivity index (χ2v) is 4.34. The van der Waals surface area contributed by atoms with Gasteiger partial charge in [0.15, 0.2) is 0 Å². The first-order chi connectivity index (χ1) is 8.16. The van der Waals surface area contributed by atoms with Gasteiger partial charge in [0.05, 0.1) is 6.08 Å². The number of esters is 1. The SMILES string of the molecule is CCC[C@@]1(c2ccccc2)CC(O)=CC(=O)O1. The lowest BCUT2D eigenvalue weighted by atomic mass is 9.84. The molecule has 0 amide bonds. The summed E-state index contributed by atoms with van der Waals surface area (Å²) in [5.74, 6) is -0.371. The van der Waals surface area contributed by atoms with Crippen molar-refractivity contribution in [2.75, 3.05) is 0 Å². The molecule has 0 aliphatic carbocycles. The third-order valence-electron chi connectivity index (χ3n) is 3.00. The standard InChI is InChI=1S/C14H16O3/c1-2-8-14(11-6-4-3-5-7-11)10-12(15)9-13(16)17-14/h3-7,9,15H,2,8,10H2,1H3/t14-/m0/s1. The first-order valence-electron chi connectivity index (χ1n) is 5.84. The summed E-state index contributed by atoms with van der Waals surface area (Å²) in [7, 11) is 0. The maximum absolute atomic E-state index is 11.5. The molecule has 0 bridgehead atoms. The quantitative estimate of drug-likeness (QED) is 0.815. The summed E-state index contributed by atoms with van der Waals surface area (Å²) in [5, 5.41) is 9.66. The first kappa shape index (κ1) is 11.7.